The lowest BCUT2D eigenvalue weighted by molar-refractivity contribution is 0.230. The lowest BCUT2D eigenvalue weighted by Gasteiger charge is -2.12. The van der Waals surface area contributed by atoms with Crippen LogP contribution in [0.3, 0.4) is 0 Å². The first kappa shape index (κ1) is 13.5. The number of anilines is 1. The van der Waals surface area contributed by atoms with Crippen LogP contribution in [-0.4, -0.2) is 31.6 Å². The zero-order chi connectivity index (χ0) is 13.5. The van der Waals surface area contributed by atoms with E-state index in [4.69, 9.17) is 11.2 Å². The lowest BCUT2D eigenvalue weighted by atomic mass is 10.2. The van der Waals surface area contributed by atoms with E-state index in [1.165, 1.54) is 17.0 Å². The van der Waals surface area contributed by atoms with Gasteiger partial charge in [0.1, 0.15) is 12.4 Å². The monoisotopic (exact) mass is 247 g/mol. The van der Waals surface area contributed by atoms with Gasteiger partial charge in [0, 0.05) is 19.8 Å². The summed E-state index contributed by atoms with van der Waals surface area (Å²) in [5, 5.41) is 5.42. The number of benzene rings is 1. The van der Waals surface area contributed by atoms with Crippen LogP contribution < -0.4 is 10.1 Å². The molecule has 0 fully saturated rings. The van der Waals surface area contributed by atoms with E-state index in [1.54, 1.807) is 20.2 Å². The summed E-state index contributed by atoms with van der Waals surface area (Å²) in [6, 6.07) is 4.24. The fraction of sp³-hybridized carbons (Fsp3) is 0.250. The average molecular weight is 247 g/mol. The maximum atomic E-state index is 11.4. The number of carbonyl (C=O) groups is 1. The largest absolute Gasteiger partial charge is 0.479 e. The first-order chi connectivity index (χ1) is 8.58. The number of rotatable bonds is 4. The van der Waals surface area contributed by atoms with Crippen molar-refractivity contribution in [2.24, 2.45) is 5.18 Å². The molecule has 94 valence electrons. The first-order valence-electron chi connectivity index (χ1n) is 5.10. The van der Waals surface area contributed by atoms with E-state index in [0.29, 0.717) is 5.69 Å². The number of terminal acetylenes is 1. The summed E-state index contributed by atoms with van der Waals surface area (Å²) in [6.45, 7) is 0.0475. The Hall–Kier alpha value is -2.55. The van der Waals surface area contributed by atoms with E-state index in [0.717, 1.165) is 0 Å². The lowest BCUT2D eigenvalue weighted by Crippen LogP contribution is -2.27. The summed E-state index contributed by atoms with van der Waals surface area (Å²) < 4.78 is 5.13. The topological polar surface area (TPSA) is 71.0 Å². The normalized spacial score (nSPS) is 9.17. The molecule has 2 amide bonds. The number of nitrogens with zero attached hydrogens (tertiary/aromatic N) is 2. The van der Waals surface area contributed by atoms with Crippen LogP contribution in [-0.2, 0) is 0 Å². The summed E-state index contributed by atoms with van der Waals surface area (Å²) in [5.41, 5.74) is 0.540. The van der Waals surface area contributed by atoms with E-state index < -0.39 is 0 Å². The van der Waals surface area contributed by atoms with Gasteiger partial charge in [0.15, 0.2) is 5.69 Å². The first-order valence-corrected chi connectivity index (χ1v) is 5.10. The number of nitroso groups, excluding NO2 is 1. The standard InChI is InChI=1S/C12H13N3O3/c1-4-7-18-11-6-5-9(8-10(11)14-17)13-12(16)15(2)3/h1,5-6,8H,7H2,2-3H3,(H,13,16). The van der Waals surface area contributed by atoms with Crippen LogP contribution in [0.4, 0.5) is 16.2 Å². The zero-order valence-electron chi connectivity index (χ0n) is 10.1. The molecule has 0 aliphatic carbocycles. The Morgan fingerprint density at radius 1 is 1.56 bits per heavy atom. The van der Waals surface area contributed by atoms with Gasteiger partial charge in [0.2, 0.25) is 0 Å². The van der Waals surface area contributed by atoms with Gasteiger partial charge in [-0.05, 0) is 23.4 Å². The molecular weight excluding hydrogens is 234 g/mol. The van der Waals surface area contributed by atoms with Crippen LogP contribution in [0.2, 0.25) is 0 Å². The molecule has 0 radical (unpaired) electrons. The van der Waals surface area contributed by atoms with Crippen molar-refractivity contribution >= 4 is 17.4 Å². The van der Waals surface area contributed by atoms with Crippen molar-refractivity contribution in [1.82, 2.24) is 4.90 Å². The minimum absolute atomic E-state index is 0.0475. The number of nitrogens with one attached hydrogen (secondary N) is 1. The quantitative estimate of drug-likeness (QED) is 0.654. The number of urea groups is 1. The van der Waals surface area contributed by atoms with Crippen LogP contribution >= 0.6 is 0 Å². The second kappa shape index (κ2) is 6.25. The van der Waals surface area contributed by atoms with E-state index >= 15 is 0 Å². The molecule has 0 atom stereocenters. The average Bonchev–Trinajstić information content (AvgIpc) is 2.36. The van der Waals surface area contributed by atoms with E-state index in [9.17, 15) is 9.70 Å². The summed E-state index contributed by atoms with van der Waals surface area (Å²) in [7, 11) is 3.22. The van der Waals surface area contributed by atoms with Crippen LogP contribution in [0.5, 0.6) is 5.75 Å². The highest BCUT2D eigenvalue weighted by molar-refractivity contribution is 5.89. The van der Waals surface area contributed by atoms with Crippen LogP contribution in [0.25, 0.3) is 0 Å². The van der Waals surface area contributed by atoms with Gasteiger partial charge in [-0.25, -0.2) is 4.79 Å². The van der Waals surface area contributed by atoms with E-state index in [1.807, 2.05) is 0 Å². The third-order valence-corrected chi connectivity index (χ3v) is 2.03. The molecule has 0 bridgehead atoms. The van der Waals surface area contributed by atoms with Crippen molar-refractivity contribution in [2.75, 3.05) is 26.0 Å². The fourth-order valence-corrected chi connectivity index (χ4v) is 1.14. The van der Waals surface area contributed by atoms with Gasteiger partial charge in [-0.15, -0.1) is 11.3 Å². The van der Waals surface area contributed by atoms with Crippen LogP contribution in [0.15, 0.2) is 23.4 Å². The van der Waals surface area contributed by atoms with Crippen molar-refractivity contribution in [1.29, 1.82) is 0 Å². The van der Waals surface area contributed by atoms with Crippen molar-refractivity contribution in [3.63, 3.8) is 0 Å². The van der Waals surface area contributed by atoms with Crippen molar-refractivity contribution in [3.8, 4) is 18.1 Å². The minimum Gasteiger partial charge on any atom is -0.479 e. The minimum atomic E-state index is -0.302. The maximum absolute atomic E-state index is 11.4. The molecule has 0 aromatic heterocycles. The molecule has 1 aromatic carbocycles. The molecule has 1 rings (SSSR count). The molecule has 6 heteroatoms. The van der Waals surface area contributed by atoms with Crippen LogP contribution in [0.1, 0.15) is 0 Å². The van der Waals surface area contributed by atoms with Crippen molar-refractivity contribution in [3.05, 3.63) is 23.1 Å². The predicted octanol–water partition coefficient (Wildman–Crippen LogP) is 2.19. The summed E-state index contributed by atoms with van der Waals surface area (Å²) in [5.74, 6) is 2.57. The predicted molar refractivity (Wildman–Crippen MR) is 68.9 cm³/mol. The third kappa shape index (κ3) is 3.49. The molecule has 6 nitrogen and oxygen atoms in total. The molecule has 18 heavy (non-hydrogen) atoms. The van der Waals surface area contributed by atoms with E-state index in [2.05, 4.69) is 16.4 Å². The summed E-state index contributed by atoms with van der Waals surface area (Å²) in [4.78, 5) is 23.4. The summed E-state index contributed by atoms with van der Waals surface area (Å²) >= 11 is 0. The third-order valence-electron chi connectivity index (χ3n) is 2.03. The van der Waals surface area contributed by atoms with Gasteiger partial charge >= 0.3 is 6.03 Å². The Balaban J connectivity index is 2.88. The van der Waals surface area contributed by atoms with Gasteiger partial charge in [-0.3, -0.25) is 0 Å². The van der Waals surface area contributed by atoms with Gasteiger partial charge in [-0.1, -0.05) is 5.92 Å². The summed E-state index contributed by atoms with van der Waals surface area (Å²) in [6.07, 6.45) is 5.05. The molecule has 0 saturated carbocycles. The van der Waals surface area contributed by atoms with Crippen LogP contribution in [0, 0.1) is 17.3 Å². The highest BCUT2D eigenvalue weighted by atomic mass is 16.5. The molecule has 0 heterocycles. The Bertz CT molecular complexity index is 492. The molecule has 1 aromatic rings. The molecule has 1 N–H and O–H groups in total. The Morgan fingerprint density at radius 3 is 2.83 bits per heavy atom. The highest BCUT2D eigenvalue weighted by Gasteiger charge is 2.08. The smallest absolute Gasteiger partial charge is 0.321 e. The highest BCUT2D eigenvalue weighted by Crippen LogP contribution is 2.30. The molecule has 0 aliphatic heterocycles. The molecule has 0 spiro atoms. The number of hydrogen-bond donors (Lipinski definition) is 1. The number of carbonyl (C=O) groups excluding carboxylic acids is 1. The fourth-order valence-electron chi connectivity index (χ4n) is 1.14. The molecular formula is C12H13N3O3. The SMILES string of the molecule is C#CCOc1ccc(NC(=O)N(C)C)cc1N=O. The van der Waals surface area contributed by atoms with Gasteiger partial charge in [-0.2, -0.15) is 0 Å². The Morgan fingerprint density at radius 2 is 2.28 bits per heavy atom. The second-order valence-electron chi connectivity index (χ2n) is 3.59. The number of ether oxygens (including phenoxy) is 1. The molecule has 0 unspecified atom stereocenters. The van der Waals surface area contributed by atoms with Gasteiger partial charge in [0.05, 0.1) is 0 Å². The Kier molecular flexibility index (Phi) is 4.69. The maximum Gasteiger partial charge on any atom is 0.321 e. The van der Waals surface area contributed by atoms with Crippen molar-refractivity contribution in [2.45, 2.75) is 0 Å². The zero-order valence-corrected chi connectivity index (χ0v) is 10.1. The number of hydrogen-bond acceptors (Lipinski definition) is 4. The van der Waals surface area contributed by atoms with Gasteiger partial charge in [0.25, 0.3) is 0 Å². The Labute approximate surface area is 105 Å². The molecule has 0 saturated heterocycles. The van der Waals surface area contributed by atoms with Gasteiger partial charge < -0.3 is 15.0 Å². The second-order valence-corrected chi connectivity index (χ2v) is 3.59. The number of amides is 2. The molecule has 0 aliphatic rings. The van der Waals surface area contributed by atoms with E-state index in [-0.39, 0.29) is 24.1 Å². The van der Waals surface area contributed by atoms with Crippen molar-refractivity contribution < 1.29 is 9.53 Å².